The van der Waals surface area contributed by atoms with Gasteiger partial charge in [-0.15, -0.1) is 10.2 Å². The van der Waals surface area contributed by atoms with Crippen LogP contribution in [-0.2, 0) is 23.9 Å². The van der Waals surface area contributed by atoms with Crippen LogP contribution in [0.25, 0.3) is 11.5 Å². The van der Waals surface area contributed by atoms with Crippen molar-refractivity contribution in [2.45, 2.75) is 32.6 Å². The molecule has 1 aliphatic heterocycles. The van der Waals surface area contributed by atoms with Gasteiger partial charge in [-0.1, -0.05) is 24.3 Å². The Morgan fingerprint density at radius 2 is 1.74 bits per heavy atom. The van der Waals surface area contributed by atoms with E-state index in [1.807, 2.05) is 22.5 Å². The van der Waals surface area contributed by atoms with Crippen molar-refractivity contribution in [1.29, 1.82) is 0 Å². The largest absolute Gasteiger partial charge is 0.470 e. The predicted molar refractivity (Wildman–Crippen MR) is 124 cm³/mol. The highest BCUT2D eigenvalue weighted by atomic mass is 32.2. The van der Waals surface area contributed by atoms with Gasteiger partial charge in [0.25, 0.3) is 0 Å². The first kappa shape index (κ1) is 25.3. The van der Waals surface area contributed by atoms with Crippen molar-refractivity contribution in [3.63, 3.8) is 0 Å². The zero-order valence-corrected chi connectivity index (χ0v) is 20.0. The normalized spacial score (nSPS) is 16.5. The van der Waals surface area contributed by atoms with Crippen molar-refractivity contribution in [3.05, 3.63) is 65.8 Å². The Hall–Kier alpha value is -2.83. The molecule has 0 spiro atoms. The summed E-state index contributed by atoms with van der Waals surface area (Å²) in [6.07, 6.45) is -4.79. The van der Waals surface area contributed by atoms with Gasteiger partial charge in [-0.2, -0.15) is 13.2 Å². The number of nitrogens with zero attached hydrogens (tertiary/aromatic N) is 5. The molecule has 188 valence electrons. The van der Waals surface area contributed by atoms with Crippen LogP contribution >= 0.6 is 0 Å². The van der Waals surface area contributed by atoms with Crippen LogP contribution in [0.2, 0.25) is 0 Å². The molecule has 1 unspecified atom stereocenters. The van der Waals surface area contributed by atoms with Crippen LogP contribution in [0.1, 0.15) is 25.3 Å². The first-order valence-electron chi connectivity index (χ1n) is 11.1. The average molecular weight is 512 g/mol. The fourth-order valence-electron chi connectivity index (χ4n) is 3.76. The van der Waals surface area contributed by atoms with E-state index in [0.29, 0.717) is 24.8 Å². The molecule has 3 aromatic rings. The highest BCUT2D eigenvalue weighted by Gasteiger charge is 2.38. The molecule has 7 nitrogen and oxygen atoms in total. The summed E-state index contributed by atoms with van der Waals surface area (Å²) in [6, 6.07) is 13.3. The van der Waals surface area contributed by atoms with Gasteiger partial charge in [0.05, 0.1) is 12.2 Å². The zero-order chi connectivity index (χ0) is 25.2. The van der Waals surface area contributed by atoms with Gasteiger partial charge < -0.3 is 4.42 Å². The van der Waals surface area contributed by atoms with E-state index >= 15 is 4.39 Å². The molecule has 2 aromatic carbocycles. The summed E-state index contributed by atoms with van der Waals surface area (Å²) in [5, 5.41) is 6.34. The third kappa shape index (κ3) is 5.88. The zero-order valence-electron chi connectivity index (χ0n) is 19.2. The van der Waals surface area contributed by atoms with Crippen LogP contribution in [0, 0.1) is 5.82 Å². The molecule has 0 amide bonds. The van der Waals surface area contributed by atoms with Crippen LogP contribution in [-0.4, -0.2) is 55.8 Å². The van der Waals surface area contributed by atoms with E-state index in [9.17, 15) is 17.4 Å². The van der Waals surface area contributed by atoms with Gasteiger partial charge in [-0.3, -0.25) is 9.21 Å². The van der Waals surface area contributed by atoms with E-state index in [-0.39, 0.29) is 17.7 Å². The lowest BCUT2D eigenvalue weighted by Crippen LogP contribution is -2.52. The van der Waals surface area contributed by atoms with Crippen LogP contribution in [0.5, 0.6) is 0 Å². The molecule has 35 heavy (non-hydrogen) atoms. The maximum absolute atomic E-state index is 15.0. The van der Waals surface area contributed by atoms with Gasteiger partial charge >= 0.3 is 12.1 Å². The van der Waals surface area contributed by atoms with Crippen molar-refractivity contribution in [2.24, 2.45) is 0 Å². The van der Waals surface area contributed by atoms with E-state index in [0.717, 1.165) is 19.2 Å². The van der Waals surface area contributed by atoms with Gasteiger partial charge in [0.15, 0.2) is 11.2 Å². The van der Waals surface area contributed by atoms with Crippen molar-refractivity contribution >= 4 is 16.9 Å². The SMILES string of the molecule is CC(C)N1CCN(S(=O)N(Cc2ccc(-c3nnc(C(F)(F)F)o3)cc2F)c2ccccc2)CC1. The minimum Gasteiger partial charge on any atom is -0.413 e. The second-order valence-electron chi connectivity index (χ2n) is 8.38. The second-order valence-corrected chi connectivity index (χ2v) is 9.80. The van der Waals surface area contributed by atoms with E-state index in [1.165, 1.54) is 12.1 Å². The Morgan fingerprint density at radius 3 is 2.31 bits per heavy atom. The molecule has 1 aromatic heterocycles. The number of rotatable bonds is 7. The number of alkyl halides is 3. The van der Waals surface area contributed by atoms with Crippen molar-refractivity contribution in [3.8, 4) is 11.5 Å². The maximum atomic E-state index is 15.0. The van der Waals surface area contributed by atoms with Crippen LogP contribution in [0.15, 0.2) is 52.9 Å². The Labute approximate surface area is 203 Å². The van der Waals surface area contributed by atoms with Gasteiger partial charge in [-0.25, -0.2) is 12.9 Å². The number of benzene rings is 2. The number of piperazine rings is 1. The van der Waals surface area contributed by atoms with Crippen LogP contribution in [0.3, 0.4) is 0 Å². The van der Waals surface area contributed by atoms with Gasteiger partial charge in [0, 0.05) is 43.3 Å². The van der Waals surface area contributed by atoms with Crippen molar-refractivity contribution < 1.29 is 26.2 Å². The lowest BCUT2D eigenvalue weighted by Gasteiger charge is -2.38. The Balaban J connectivity index is 1.56. The summed E-state index contributed by atoms with van der Waals surface area (Å²) >= 11 is -1.57. The number of halogens is 4. The van der Waals surface area contributed by atoms with Crippen molar-refractivity contribution in [2.75, 3.05) is 30.5 Å². The molecule has 0 radical (unpaired) electrons. The first-order valence-corrected chi connectivity index (χ1v) is 12.1. The number of aromatic nitrogens is 2. The van der Waals surface area contributed by atoms with Gasteiger partial charge in [0.1, 0.15) is 5.82 Å². The number of hydrogen-bond donors (Lipinski definition) is 0. The molecule has 0 saturated carbocycles. The molecule has 1 aliphatic rings. The molecule has 0 aliphatic carbocycles. The molecule has 12 heteroatoms. The first-order chi connectivity index (χ1) is 16.6. The molecule has 2 heterocycles. The Bertz CT molecular complexity index is 1160. The number of para-hydroxylation sites is 1. The third-order valence-electron chi connectivity index (χ3n) is 5.74. The fraction of sp³-hybridized carbons (Fsp3) is 0.391. The molecule has 4 rings (SSSR count). The second kappa shape index (κ2) is 10.4. The highest BCUT2D eigenvalue weighted by Crippen LogP contribution is 2.31. The monoisotopic (exact) mass is 511 g/mol. The lowest BCUT2D eigenvalue weighted by molar-refractivity contribution is -0.156. The van der Waals surface area contributed by atoms with E-state index in [1.54, 1.807) is 16.4 Å². The minimum absolute atomic E-state index is 0.00916. The van der Waals surface area contributed by atoms with Gasteiger partial charge in [-0.05, 0) is 38.1 Å². The summed E-state index contributed by atoms with van der Waals surface area (Å²) in [4.78, 5) is 2.31. The summed E-state index contributed by atoms with van der Waals surface area (Å²) in [5.74, 6) is -2.62. The minimum atomic E-state index is -4.79. The fourth-order valence-corrected chi connectivity index (χ4v) is 5.07. The molecule has 0 N–H and O–H groups in total. The lowest BCUT2D eigenvalue weighted by atomic mass is 10.1. The highest BCUT2D eigenvalue weighted by molar-refractivity contribution is 7.84. The quantitative estimate of drug-likeness (QED) is 0.437. The molecule has 1 fully saturated rings. The maximum Gasteiger partial charge on any atom is 0.470 e. The smallest absolute Gasteiger partial charge is 0.413 e. The average Bonchev–Trinajstić information content (AvgIpc) is 3.35. The molecule has 1 atom stereocenters. The molecular weight excluding hydrogens is 486 g/mol. The van der Waals surface area contributed by atoms with Crippen LogP contribution < -0.4 is 4.31 Å². The molecule has 1 saturated heterocycles. The standard InChI is InChI=1S/C23H25F4N5O2S/c1-16(2)30-10-12-31(13-11-30)35(33)32(19-6-4-3-5-7-19)15-18-9-8-17(14-20(18)24)21-28-29-22(34-21)23(25,26)27/h3-9,14,16H,10-13,15H2,1-2H3. The van der Waals surface area contributed by atoms with E-state index in [4.69, 9.17) is 0 Å². The summed E-state index contributed by atoms with van der Waals surface area (Å²) in [7, 11) is 0. The summed E-state index contributed by atoms with van der Waals surface area (Å²) < 4.78 is 74.9. The summed E-state index contributed by atoms with van der Waals surface area (Å²) in [5.41, 5.74) is 0.904. The van der Waals surface area contributed by atoms with E-state index in [2.05, 4.69) is 33.4 Å². The van der Waals surface area contributed by atoms with Crippen molar-refractivity contribution in [1.82, 2.24) is 19.4 Å². The Morgan fingerprint density at radius 1 is 1.06 bits per heavy atom. The topological polar surface area (TPSA) is 65.7 Å². The van der Waals surface area contributed by atoms with E-state index < -0.39 is 34.9 Å². The van der Waals surface area contributed by atoms with Crippen LogP contribution in [0.4, 0.5) is 23.2 Å². The van der Waals surface area contributed by atoms with Gasteiger partial charge in [0.2, 0.25) is 5.89 Å². The molecular formula is C23H25F4N5O2S. The third-order valence-corrected chi connectivity index (χ3v) is 7.26. The Kier molecular flexibility index (Phi) is 7.53. The number of anilines is 1. The summed E-state index contributed by atoms with van der Waals surface area (Å²) in [6.45, 7) is 6.99. The number of hydrogen-bond acceptors (Lipinski definition) is 5. The molecule has 0 bridgehead atoms. The predicted octanol–water partition coefficient (Wildman–Crippen LogP) is 4.51.